The summed E-state index contributed by atoms with van der Waals surface area (Å²) in [6.07, 6.45) is 0.962. The van der Waals surface area contributed by atoms with E-state index in [1.807, 2.05) is 7.05 Å². The molecule has 0 spiro atoms. The Morgan fingerprint density at radius 1 is 1.38 bits per heavy atom. The topological polar surface area (TPSA) is 29.3 Å². The van der Waals surface area contributed by atoms with Crippen molar-refractivity contribution in [2.24, 2.45) is 5.73 Å². The first kappa shape index (κ1) is 16.4. The van der Waals surface area contributed by atoms with E-state index < -0.39 is 0 Å². The van der Waals surface area contributed by atoms with E-state index in [1.54, 1.807) is 17.4 Å². The fourth-order valence-electron chi connectivity index (χ4n) is 2.46. The van der Waals surface area contributed by atoms with Gasteiger partial charge in [0.25, 0.3) is 0 Å². The Bertz CT molecular complexity index is 574. The molecule has 2 N–H and O–H groups in total. The molecule has 2 unspecified atom stereocenters. The van der Waals surface area contributed by atoms with E-state index in [0.717, 1.165) is 12.0 Å². The predicted octanol–water partition coefficient (Wildman–Crippen LogP) is 4.10. The first-order valence-corrected chi connectivity index (χ1v) is 8.18. The number of halogens is 2. The quantitative estimate of drug-likeness (QED) is 0.865. The predicted molar refractivity (Wildman–Crippen MR) is 88.5 cm³/mol. The lowest BCUT2D eigenvalue weighted by Gasteiger charge is -2.33. The summed E-state index contributed by atoms with van der Waals surface area (Å²) in [6.45, 7) is 2.61. The van der Waals surface area contributed by atoms with Gasteiger partial charge in [-0.25, -0.2) is 4.39 Å². The molecule has 1 aromatic carbocycles. The maximum atomic E-state index is 13.2. The number of hydrogen-bond donors (Lipinski definition) is 1. The van der Waals surface area contributed by atoms with E-state index in [4.69, 9.17) is 17.3 Å². The molecular formula is C16H20ClFN2S. The lowest BCUT2D eigenvalue weighted by molar-refractivity contribution is 0.188. The van der Waals surface area contributed by atoms with E-state index in [-0.39, 0.29) is 11.9 Å². The van der Waals surface area contributed by atoms with Crippen molar-refractivity contribution in [2.75, 3.05) is 13.6 Å². The summed E-state index contributed by atoms with van der Waals surface area (Å²) in [5.74, 6) is -0.325. The van der Waals surface area contributed by atoms with Gasteiger partial charge in [0.2, 0.25) is 0 Å². The average molecular weight is 327 g/mol. The standard InChI is InChI=1S/C16H20ClFN2S/c1-11(8-13-4-3-7-21-13)20(2)16(10-19)14-6-5-12(18)9-15(14)17/h3-7,9,11,16H,8,10,19H2,1-2H3. The molecule has 0 aliphatic rings. The molecule has 0 aliphatic carbocycles. The van der Waals surface area contributed by atoms with E-state index in [1.165, 1.54) is 17.0 Å². The van der Waals surface area contributed by atoms with Gasteiger partial charge < -0.3 is 5.73 Å². The first-order valence-electron chi connectivity index (χ1n) is 6.92. The molecule has 1 aromatic heterocycles. The Labute approximate surface area is 134 Å². The van der Waals surface area contributed by atoms with Crippen molar-refractivity contribution >= 4 is 22.9 Å². The number of benzene rings is 1. The van der Waals surface area contributed by atoms with Crippen molar-refractivity contribution in [1.29, 1.82) is 0 Å². The van der Waals surface area contributed by atoms with Crippen molar-refractivity contribution in [1.82, 2.24) is 4.90 Å². The molecule has 2 aromatic rings. The highest BCUT2D eigenvalue weighted by molar-refractivity contribution is 7.09. The van der Waals surface area contributed by atoms with Crippen LogP contribution in [0.3, 0.4) is 0 Å². The summed E-state index contributed by atoms with van der Waals surface area (Å²) in [4.78, 5) is 3.55. The van der Waals surface area contributed by atoms with Gasteiger partial charge in [0, 0.05) is 28.5 Å². The number of thiophene rings is 1. The highest BCUT2D eigenvalue weighted by atomic mass is 35.5. The number of likely N-dealkylation sites (N-methyl/N-ethyl adjacent to an activating group) is 1. The van der Waals surface area contributed by atoms with E-state index in [0.29, 0.717) is 17.6 Å². The zero-order valence-corrected chi connectivity index (χ0v) is 13.8. The number of nitrogens with two attached hydrogens (primary N) is 1. The number of nitrogens with zero attached hydrogens (tertiary/aromatic N) is 1. The van der Waals surface area contributed by atoms with Gasteiger partial charge in [0.15, 0.2) is 0 Å². The van der Waals surface area contributed by atoms with Crippen molar-refractivity contribution < 1.29 is 4.39 Å². The normalized spacial score (nSPS) is 14.4. The lowest BCUT2D eigenvalue weighted by atomic mass is 10.0. The van der Waals surface area contributed by atoms with Crippen LogP contribution in [0.4, 0.5) is 4.39 Å². The minimum absolute atomic E-state index is 0.0203. The van der Waals surface area contributed by atoms with Crippen molar-refractivity contribution in [3.63, 3.8) is 0 Å². The Hall–Kier alpha value is -0.940. The molecule has 114 valence electrons. The molecule has 0 fully saturated rings. The van der Waals surface area contributed by atoms with Crippen LogP contribution < -0.4 is 5.73 Å². The molecule has 0 radical (unpaired) electrons. The Balaban J connectivity index is 2.15. The highest BCUT2D eigenvalue weighted by Gasteiger charge is 2.23. The van der Waals surface area contributed by atoms with Crippen LogP contribution in [0.5, 0.6) is 0 Å². The molecular weight excluding hydrogens is 307 g/mol. The molecule has 0 aliphatic heterocycles. The molecule has 0 saturated carbocycles. The van der Waals surface area contributed by atoms with Crippen molar-refractivity contribution in [3.05, 3.63) is 57.0 Å². The minimum atomic E-state index is -0.325. The molecule has 21 heavy (non-hydrogen) atoms. The zero-order valence-electron chi connectivity index (χ0n) is 12.2. The second-order valence-electron chi connectivity index (χ2n) is 5.22. The van der Waals surface area contributed by atoms with E-state index in [2.05, 4.69) is 29.3 Å². The Morgan fingerprint density at radius 3 is 2.71 bits per heavy atom. The maximum Gasteiger partial charge on any atom is 0.124 e. The third-order valence-corrected chi connectivity index (χ3v) is 5.03. The molecule has 5 heteroatoms. The summed E-state index contributed by atoms with van der Waals surface area (Å²) >= 11 is 7.93. The molecule has 2 nitrogen and oxygen atoms in total. The van der Waals surface area contributed by atoms with Gasteiger partial charge in [-0.3, -0.25) is 4.90 Å². The van der Waals surface area contributed by atoms with Crippen LogP contribution in [0.2, 0.25) is 5.02 Å². The summed E-state index contributed by atoms with van der Waals surface area (Å²) in [6, 6.07) is 9.00. The molecule has 2 rings (SSSR count). The Kier molecular flexibility index (Phi) is 5.76. The van der Waals surface area contributed by atoms with Gasteiger partial charge >= 0.3 is 0 Å². The summed E-state index contributed by atoms with van der Waals surface area (Å²) < 4.78 is 13.2. The summed E-state index contributed by atoms with van der Waals surface area (Å²) in [5, 5.41) is 2.51. The van der Waals surface area contributed by atoms with Crippen LogP contribution in [-0.4, -0.2) is 24.5 Å². The van der Waals surface area contributed by atoms with Crippen molar-refractivity contribution in [3.8, 4) is 0 Å². The van der Waals surface area contributed by atoms with Crippen LogP contribution in [0.1, 0.15) is 23.4 Å². The Morgan fingerprint density at radius 2 is 2.14 bits per heavy atom. The largest absolute Gasteiger partial charge is 0.329 e. The number of hydrogen-bond acceptors (Lipinski definition) is 3. The van der Waals surface area contributed by atoms with Crippen LogP contribution in [0.15, 0.2) is 35.7 Å². The second kappa shape index (κ2) is 7.36. The summed E-state index contributed by atoms with van der Waals surface area (Å²) in [7, 11) is 2.04. The van der Waals surface area contributed by atoms with Crippen LogP contribution >= 0.6 is 22.9 Å². The fraction of sp³-hybridized carbons (Fsp3) is 0.375. The van der Waals surface area contributed by atoms with Gasteiger partial charge in [-0.1, -0.05) is 23.7 Å². The third-order valence-electron chi connectivity index (χ3n) is 3.81. The minimum Gasteiger partial charge on any atom is -0.329 e. The zero-order chi connectivity index (χ0) is 15.4. The fourth-order valence-corrected chi connectivity index (χ4v) is 3.58. The van der Waals surface area contributed by atoms with Gasteiger partial charge in [-0.05, 0) is 49.5 Å². The van der Waals surface area contributed by atoms with Gasteiger partial charge in [-0.15, -0.1) is 11.3 Å². The molecule has 2 atom stereocenters. The molecule has 0 saturated heterocycles. The number of rotatable bonds is 6. The lowest BCUT2D eigenvalue weighted by Crippen LogP contribution is -2.38. The molecule has 0 bridgehead atoms. The summed E-state index contributed by atoms with van der Waals surface area (Å²) in [5.41, 5.74) is 6.81. The second-order valence-corrected chi connectivity index (χ2v) is 6.65. The smallest absolute Gasteiger partial charge is 0.124 e. The average Bonchev–Trinajstić information content (AvgIpc) is 2.94. The van der Waals surface area contributed by atoms with E-state index in [9.17, 15) is 4.39 Å². The van der Waals surface area contributed by atoms with Gasteiger partial charge in [0.1, 0.15) is 5.82 Å². The SMILES string of the molecule is CC(Cc1cccs1)N(C)C(CN)c1ccc(F)cc1Cl. The van der Waals surface area contributed by atoms with Crippen LogP contribution in [0, 0.1) is 5.82 Å². The van der Waals surface area contributed by atoms with Gasteiger partial charge in [0.05, 0.1) is 0 Å². The molecule has 1 heterocycles. The highest BCUT2D eigenvalue weighted by Crippen LogP contribution is 2.29. The molecule has 0 amide bonds. The van der Waals surface area contributed by atoms with Crippen molar-refractivity contribution in [2.45, 2.75) is 25.4 Å². The monoisotopic (exact) mass is 326 g/mol. The van der Waals surface area contributed by atoms with E-state index >= 15 is 0 Å². The van der Waals surface area contributed by atoms with Gasteiger partial charge in [-0.2, -0.15) is 0 Å². The first-order chi connectivity index (χ1) is 10.0. The third kappa shape index (κ3) is 4.04. The van der Waals surface area contributed by atoms with Crippen LogP contribution in [0.25, 0.3) is 0 Å². The van der Waals surface area contributed by atoms with Crippen LogP contribution in [-0.2, 0) is 6.42 Å². The maximum absolute atomic E-state index is 13.2.